The van der Waals surface area contributed by atoms with Crippen LogP contribution in [0.2, 0.25) is 0 Å². The van der Waals surface area contributed by atoms with Crippen molar-refractivity contribution in [2.24, 2.45) is 0 Å². The van der Waals surface area contributed by atoms with Crippen LogP contribution < -0.4 is 0 Å². The minimum atomic E-state index is 0.156. The van der Waals surface area contributed by atoms with Crippen molar-refractivity contribution in [2.45, 2.75) is 31.7 Å². The molecule has 1 aromatic heterocycles. The van der Waals surface area contributed by atoms with Crippen LogP contribution in [0.3, 0.4) is 0 Å². The maximum atomic E-state index is 13.1. The summed E-state index contributed by atoms with van der Waals surface area (Å²) in [5.41, 5.74) is 1.81. The highest BCUT2D eigenvalue weighted by Gasteiger charge is 2.29. The second kappa shape index (κ2) is 7.50. The number of likely N-dealkylation sites (tertiary alicyclic amines) is 2. The van der Waals surface area contributed by atoms with Crippen molar-refractivity contribution >= 4 is 28.5 Å². The molecular weight excluding hydrogens is 425 g/mol. The second-order valence-corrected chi connectivity index (χ2v) is 8.26. The average molecular weight is 449 g/mol. The van der Waals surface area contributed by atoms with Gasteiger partial charge in [0.2, 0.25) is 0 Å². The highest BCUT2D eigenvalue weighted by Crippen LogP contribution is 2.23. The molecule has 0 bridgehead atoms. The molecule has 2 aliphatic heterocycles. The molecule has 25 heavy (non-hydrogen) atoms. The van der Waals surface area contributed by atoms with Gasteiger partial charge in [-0.1, -0.05) is 6.07 Å². The molecule has 0 unspecified atom stereocenters. The zero-order valence-corrected chi connectivity index (χ0v) is 16.6. The van der Waals surface area contributed by atoms with Crippen molar-refractivity contribution in [1.82, 2.24) is 14.4 Å². The van der Waals surface area contributed by atoms with Crippen LogP contribution in [-0.4, -0.2) is 52.5 Å². The summed E-state index contributed by atoms with van der Waals surface area (Å²) in [5, 5.41) is 0. The Morgan fingerprint density at radius 1 is 1.00 bits per heavy atom. The fourth-order valence-electron chi connectivity index (χ4n) is 4.11. The molecular formula is C20H24IN3O. The van der Waals surface area contributed by atoms with Gasteiger partial charge in [-0.3, -0.25) is 4.79 Å². The summed E-state index contributed by atoms with van der Waals surface area (Å²) < 4.78 is 3.19. The highest BCUT2D eigenvalue weighted by atomic mass is 127. The van der Waals surface area contributed by atoms with E-state index in [9.17, 15) is 4.79 Å². The molecule has 4 nitrogen and oxygen atoms in total. The summed E-state index contributed by atoms with van der Waals surface area (Å²) in [6, 6.07) is 12.8. The van der Waals surface area contributed by atoms with E-state index in [0.717, 1.165) is 37.3 Å². The van der Waals surface area contributed by atoms with E-state index in [2.05, 4.69) is 45.7 Å². The van der Waals surface area contributed by atoms with Crippen molar-refractivity contribution in [3.05, 3.63) is 51.9 Å². The Kier molecular flexibility index (Phi) is 5.12. The first-order chi connectivity index (χ1) is 12.2. The number of halogens is 1. The van der Waals surface area contributed by atoms with E-state index in [1.54, 1.807) is 0 Å². The van der Waals surface area contributed by atoms with E-state index < -0.39 is 0 Å². The SMILES string of the molecule is O=C(c1cccn1-c1cccc(I)c1)N1CCC(N2CCCC2)CC1. The predicted octanol–water partition coefficient (Wildman–Crippen LogP) is 3.78. The molecule has 0 atom stereocenters. The molecule has 5 heteroatoms. The number of benzene rings is 1. The molecule has 2 saturated heterocycles. The van der Waals surface area contributed by atoms with Crippen LogP contribution in [0.25, 0.3) is 5.69 Å². The van der Waals surface area contributed by atoms with Gasteiger partial charge in [0.15, 0.2) is 0 Å². The minimum absolute atomic E-state index is 0.156. The Bertz CT molecular complexity index is 743. The van der Waals surface area contributed by atoms with Crippen molar-refractivity contribution in [3.8, 4) is 5.69 Å². The molecule has 1 amide bonds. The number of hydrogen-bond donors (Lipinski definition) is 0. The Labute approximate surface area is 162 Å². The largest absolute Gasteiger partial charge is 0.337 e. The lowest BCUT2D eigenvalue weighted by Crippen LogP contribution is -2.46. The standard InChI is InChI=1S/C20H24IN3O/c21-16-5-3-6-18(15-16)24-12-4-7-19(24)20(25)23-13-8-17(9-14-23)22-10-1-2-11-22/h3-7,12,15,17H,1-2,8-11,13-14H2. The van der Waals surface area contributed by atoms with Gasteiger partial charge in [-0.2, -0.15) is 0 Å². The lowest BCUT2D eigenvalue weighted by molar-refractivity contribution is 0.0637. The molecule has 132 valence electrons. The summed E-state index contributed by atoms with van der Waals surface area (Å²) in [6.45, 7) is 4.23. The van der Waals surface area contributed by atoms with Crippen molar-refractivity contribution < 1.29 is 4.79 Å². The van der Waals surface area contributed by atoms with Gasteiger partial charge < -0.3 is 14.4 Å². The number of hydrogen-bond acceptors (Lipinski definition) is 2. The Hall–Kier alpha value is -1.34. The van der Waals surface area contributed by atoms with Gasteiger partial charge in [0.1, 0.15) is 5.69 Å². The maximum absolute atomic E-state index is 13.1. The molecule has 0 saturated carbocycles. The van der Waals surface area contributed by atoms with E-state index in [1.807, 2.05) is 33.9 Å². The van der Waals surface area contributed by atoms with E-state index in [1.165, 1.54) is 29.5 Å². The Morgan fingerprint density at radius 2 is 1.76 bits per heavy atom. The van der Waals surface area contributed by atoms with Gasteiger partial charge in [-0.05, 0) is 91.7 Å². The molecule has 1 aromatic carbocycles. The number of piperidine rings is 1. The Morgan fingerprint density at radius 3 is 2.48 bits per heavy atom. The van der Waals surface area contributed by atoms with Crippen LogP contribution in [0.1, 0.15) is 36.2 Å². The first-order valence-corrected chi connectivity index (χ1v) is 10.3. The summed E-state index contributed by atoms with van der Waals surface area (Å²) >= 11 is 2.31. The third-order valence-corrected chi connectivity index (χ3v) is 6.13. The molecule has 0 aliphatic carbocycles. The number of amides is 1. The van der Waals surface area contributed by atoms with Crippen LogP contribution in [0.5, 0.6) is 0 Å². The first-order valence-electron chi connectivity index (χ1n) is 9.19. The molecule has 3 heterocycles. The molecule has 4 rings (SSSR count). The summed E-state index contributed by atoms with van der Waals surface area (Å²) in [6.07, 6.45) is 6.87. The number of nitrogens with zero attached hydrogens (tertiary/aromatic N) is 3. The molecule has 0 N–H and O–H groups in total. The number of carbonyl (C=O) groups is 1. The van der Waals surface area contributed by atoms with Gasteiger partial charge in [0, 0.05) is 34.6 Å². The van der Waals surface area contributed by atoms with E-state index in [4.69, 9.17) is 0 Å². The van der Waals surface area contributed by atoms with Crippen LogP contribution in [0.15, 0.2) is 42.6 Å². The lowest BCUT2D eigenvalue weighted by Gasteiger charge is -2.36. The third kappa shape index (κ3) is 3.62. The quantitative estimate of drug-likeness (QED) is 0.668. The number of carbonyl (C=O) groups excluding carboxylic acids is 1. The Balaban J connectivity index is 1.46. The van der Waals surface area contributed by atoms with Crippen LogP contribution in [-0.2, 0) is 0 Å². The minimum Gasteiger partial charge on any atom is -0.337 e. The smallest absolute Gasteiger partial charge is 0.270 e. The fraction of sp³-hybridized carbons (Fsp3) is 0.450. The molecule has 0 radical (unpaired) electrons. The zero-order chi connectivity index (χ0) is 17.2. The van der Waals surface area contributed by atoms with Gasteiger partial charge in [-0.25, -0.2) is 0 Å². The first kappa shape index (κ1) is 17.1. The summed E-state index contributed by atoms with van der Waals surface area (Å²) in [7, 11) is 0. The topological polar surface area (TPSA) is 28.5 Å². The average Bonchev–Trinajstić information content (AvgIpc) is 3.33. The van der Waals surface area contributed by atoms with Crippen molar-refractivity contribution in [1.29, 1.82) is 0 Å². The highest BCUT2D eigenvalue weighted by molar-refractivity contribution is 14.1. The van der Waals surface area contributed by atoms with Crippen LogP contribution >= 0.6 is 22.6 Å². The van der Waals surface area contributed by atoms with Crippen LogP contribution in [0, 0.1) is 3.57 Å². The van der Waals surface area contributed by atoms with E-state index >= 15 is 0 Å². The van der Waals surface area contributed by atoms with Crippen LogP contribution in [0.4, 0.5) is 0 Å². The zero-order valence-electron chi connectivity index (χ0n) is 14.4. The number of rotatable bonds is 3. The molecule has 2 aliphatic rings. The fourth-order valence-corrected chi connectivity index (χ4v) is 4.64. The van der Waals surface area contributed by atoms with E-state index in [-0.39, 0.29) is 5.91 Å². The molecule has 2 aromatic rings. The second-order valence-electron chi connectivity index (χ2n) is 7.01. The lowest BCUT2D eigenvalue weighted by atomic mass is 10.0. The normalized spacial score (nSPS) is 19.5. The third-order valence-electron chi connectivity index (χ3n) is 5.46. The van der Waals surface area contributed by atoms with Gasteiger partial charge in [0.05, 0.1) is 0 Å². The predicted molar refractivity (Wildman–Crippen MR) is 108 cm³/mol. The summed E-state index contributed by atoms with van der Waals surface area (Å²) in [5.74, 6) is 0.156. The maximum Gasteiger partial charge on any atom is 0.270 e. The van der Waals surface area contributed by atoms with E-state index in [0.29, 0.717) is 6.04 Å². The molecule has 2 fully saturated rings. The van der Waals surface area contributed by atoms with Gasteiger partial charge in [-0.15, -0.1) is 0 Å². The summed E-state index contributed by atoms with van der Waals surface area (Å²) in [4.78, 5) is 17.7. The van der Waals surface area contributed by atoms with Gasteiger partial charge >= 0.3 is 0 Å². The van der Waals surface area contributed by atoms with Crippen molar-refractivity contribution in [2.75, 3.05) is 26.2 Å². The monoisotopic (exact) mass is 449 g/mol. The molecule has 0 spiro atoms. The number of aromatic nitrogens is 1. The van der Waals surface area contributed by atoms with Gasteiger partial charge in [0.25, 0.3) is 5.91 Å². The van der Waals surface area contributed by atoms with Crippen molar-refractivity contribution in [3.63, 3.8) is 0 Å².